The van der Waals surface area contributed by atoms with Crippen LogP contribution in [0.4, 0.5) is 4.39 Å². The van der Waals surface area contributed by atoms with Crippen molar-refractivity contribution in [2.45, 2.75) is 19.8 Å². The van der Waals surface area contributed by atoms with Gasteiger partial charge in [0.2, 0.25) is 0 Å². The summed E-state index contributed by atoms with van der Waals surface area (Å²) in [7, 11) is 0. The van der Waals surface area contributed by atoms with Crippen LogP contribution in [0.15, 0.2) is 22.7 Å². The highest BCUT2D eigenvalue weighted by atomic mass is 79.9. The second-order valence-electron chi connectivity index (χ2n) is 2.81. The van der Waals surface area contributed by atoms with Gasteiger partial charge in [0.25, 0.3) is 0 Å². The van der Waals surface area contributed by atoms with E-state index in [-0.39, 0.29) is 5.82 Å². The lowest BCUT2D eigenvalue weighted by molar-refractivity contribution is 0.307. The number of halogens is 2. The van der Waals surface area contributed by atoms with E-state index in [1.54, 1.807) is 6.07 Å². The maximum atomic E-state index is 12.8. The summed E-state index contributed by atoms with van der Waals surface area (Å²) >= 11 is 3.20. The van der Waals surface area contributed by atoms with Crippen LogP contribution in [0.25, 0.3) is 0 Å². The molecule has 0 saturated carbocycles. The van der Waals surface area contributed by atoms with Gasteiger partial charge in [-0.15, -0.1) is 0 Å². The standard InChI is InChI=1S/C10H12BrFO/c1-2-3-4-13-10-6-8(11)5-9(12)7-10/h5-7H,2-4H2,1H3. The molecule has 0 heterocycles. The fourth-order valence-electron chi connectivity index (χ4n) is 0.946. The number of unbranched alkanes of at least 4 members (excludes halogenated alkanes) is 1. The Balaban J connectivity index is 2.56. The smallest absolute Gasteiger partial charge is 0.128 e. The molecule has 1 nitrogen and oxygen atoms in total. The third-order valence-electron chi connectivity index (χ3n) is 1.60. The molecule has 3 heteroatoms. The molecule has 0 spiro atoms. The highest BCUT2D eigenvalue weighted by Crippen LogP contribution is 2.20. The van der Waals surface area contributed by atoms with E-state index < -0.39 is 0 Å². The van der Waals surface area contributed by atoms with E-state index in [2.05, 4.69) is 22.9 Å². The zero-order valence-electron chi connectivity index (χ0n) is 7.52. The van der Waals surface area contributed by atoms with Crippen molar-refractivity contribution in [3.05, 3.63) is 28.5 Å². The van der Waals surface area contributed by atoms with Crippen molar-refractivity contribution in [1.82, 2.24) is 0 Å². The van der Waals surface area contributed by atoms with Gasteiger partial charge in [0.05, 0.1) is 6.61 Å². The van der Waals surface area contributed by atoms with Crippen molar-refractivity contribution in [3.63, 3.8) is 0 Å². The van der Waals surface area contributed by atoms with Gasteiger partial charge in [-0.1, -0.05) is 29.3 Å². The summed E-state index contributed by atoms with van der Waals surface area (Å²) in [6.45, 7) is 2.73. The zero-order valence-corrected chi connectivity index (χ0v) is 9.10. The summed E-state index contributed by atoms with van der Waals surface area (Å²) in [5.41, 5.74) is 0. The Labute approximate surface area is 86.0 Å². The Bertz CT molecular complexity index is 255. The van der Waals surface area contributed by atoms with E-state index >= 15 is 0 Å². The molecule has 1 rings (SSSR count). The van der Waals surface area contributed by atoms with Gasteiger partial charge in [-0.05, 0) is 18.6 Å². The quantitative estimate of drug-likeness (QED) is 0.736. The normalized spacial score (nSPS) is 10.1. The van der Waals surface area contributed by atoms with Crippen molar-refractivity contribution >= 4 is 15.9 Å². The van der Waals surface area contributed by atoms with Gasteiger partial charge in [0.15, 0.2) is 0 Å². The first-order valence-corrected chi connectivity index (χ1v) is 5.10. The van der Waals surface area contributed by atoms with Crippen molar-refractivity contribution in [1.29, 1.82) is 0 Å². The predicted molar refractivity (Wildman–Crippen MR) is 54.5 cm³/mol. The fraction of sp³-hybridized carbons (Fsp3) is 0.400. The molecule has 72 valence electrons. The molecule has 0 aromatic heterocycles. The predicted octanol–water partition coefficient (Wildman–Crippen LogP) is 3.77. The molecule has 1 aromatic rings. The number of ether oxygens (including phenoxy) is 1. The van der Waals surface area contributed by atoms with Crippen LogP contribution in [0.5, 0.6) is 5.75 Å². The molecule has 13 heavy (non-hydrogen) atoms. The summed E-state index contributed by atoms with van der Waals surface area (Å²) < 4.78 is 18.9. The molecule has 0 unspecified atom stereocenters. The van der Waals surface area contributed by atoms with E-state index in [4.69, 9.17) is 4.74 Å². The summed E-state index contributed by atoms with van der Waals surface area (Å²) in [5.74, 6) is 0.307. The van der Waals surface area contributed by atoms with Crippen molar-refractivity contribution < 1.29 is 9.13 Å². The number of benzene rings is 1. The number of hydrogen-bond donors (Lipinski definition) is 0. The average molecular weight is 247 g/mol. The molecule has 1 aromatic carbocycles. The minimum atomic E-state index is -0.277. The Hall–Kier alpha value is -0.570. The molecule has 0 aliphatic rings. The van der Waals surface area contributed by atoms with Gasteiger partial charge in [0.1, 0.15) is 11.6 Å². The van der Waals surface area contributed by atoms with Gasteiger partial charge >= 0.3 is 0 Å². The first-order chi connectivity index (χ1) is 6.22. The average Bonchev–Trinajstić information content (AvgIpc) is 2.03. The maximum absolute atomic E-state index is 12.8. The lowest BCUT2D eigenvalue weighted by atomic mass is 10.3. The van der Waals surface area contributed by atoms with E-state index in [0.29, 0.717) is 16.8 Å². The van der Waals surface area contributed by atoms with Gasteiger partial charge in [-0.25, -0.2) is 4.39 Å². The van der Waals surface area contributed by atoms with E-state index in [9.17, 15) is 4.39 Å². The van der Waals surface area contributed by atoms with Gasteiger partial charge in [-0.2, -0.15) is 0 Å². The third kappa shape index (κ3) is 3.77. The van der Waals surface area contributed by atoms with Crippen molar-refractivity contribution in [2.24, 2.45) is 0 Å². The van der Waals surface area contributed by atoms with Crippen LogP contribution in [-0.4, -0.2) is 6.61 Å². The molecule has 0 radical (unpaired) electrons. The molecule has 0 amide bonds. The van der Waals surface area contributed by atoms with Crippen LogP contribution in [0.3, 0.4) is 0 Å². The summed E-state index contributed by atoms with van der Waals surface area (Å²) in [4.78, 5) is 0. The van der Waals surface area contributed by atoms with Crippen LogP contribution in [0, 0.1) is 5.82 Å². The molecular weight excluding hydrogens is 235 g/mol. The zero-order chi connectivity index (χ0) is 9.68. The second kappa shape index (κ2) is 5.22. The monoisotopic (exact) mass is 246 g/mol. The molecule has 0 atom stereocenters. The molecule has 0 N–H and O–H groups in total. The molecule has 0 bridgehead atoms. The lowest BCUT2D eigenvalue weighted by Gasteiger charge is -2.05. The third-order valence-corrected chi connectivity index (χ3v) is 2.06. The lowest BCUT2D eigenvalue weighted by Crippen LogP contribution is -1.96. The maximum Gasteiger partial charge on any atom is 0.128 e. The van der Waals surface area contributed by atoms with Crippen LogP contribution < -0.4 is 4.74 Å². The summed E-state index contributed by atoms with van der Waals surface area (Å²) in [6, 6.07) is 4.56. The number of rotatable bonds is 4. The minimum absolute atomic E-state index is 0.277. The number of hydrogen-bond acceptors (Lipinski definition) is 1. The van der Waals surface area contributed by atoms with Crippen molar-refractivity contribution in [3.8, 4) is 5.75 Å². The molecule has 0 fully saturated rings. The SMILES string of the molecule is CCCCOc1cc(F)cc(Br)c1. The Morgan fingerprint density at radius 1 is 1.38 bits per heavy atom. The van der Waals surface area contributed by atoms with Crippen LogP contribution in [0.2, 0.25) is 0 Å². The fourth-order valence-corrected chi connectivity index (χ4v) is 1.39. The highest BCUT2D eigenvalue weighted by Gasteiger charge is 1.98. The first kappa shape index (κ1) is 10.5. The van der Waals surface area contributed by atoms with Gasteiger partial charge < -0.3 is 4.74 Å². The molecule has 0 aliphatic heterocycles. The Morgan fingerprint density at radius 2 is 2.15 bits per heavy atom. The van der Waals surface area contributed by atoms with E-state index in [1.807, 2.05) is 0 Å². The van der Waals surface area contributed by atoms with Crippen molar-refractivity contribution in [2.75, 3.05) is 6.61 Å². The van der Waals surface area contributed by atoms with Crippen LogP contribution >= 0.6 is 15.9 Å². The minimum Gasteiger partial charge on any atom is -0.493 e. The second-order valence-corrected chi connectivity index (χ2v) is 3.72. The van der Waals surface area contributed by atoms with E-state index in [1.165, 1.54) is 12.1 Å². The van der Waals surface area contributed by atoms with E-state index in [0.717, 1.165) is 12.8 Å². The molecule has 0 saturated heterocycles. The Morgan fingerprint density at radius 3 is 2.77 bits per heavy atom. The largest absolute Gasteiger partial charge is 0.493 e. The topological polar surface area (TPSA) is 9.23 Å². The van der Waals surface area contributed by atoms with Crippen LogP contribution in [-0.2, 0) is 0 Å². The molecule has 0 aliphatic carbocycles. The summed E-state index contributed by atoms with van der Waals surface area (Å²) in [5, 5.41) is 0. The molecular formula is C10H12BrFO. The Kier molecular flexibility index (Phi) is 4.22. The van der Waals surface area contributed by atoms with Gasteiger partial charge in [-0.3, -0.25) is 0 Å². The summed E-state index contributed by atoms with van der Waals surface area (Å²) in [6.07, 6.45) is 2.07. The van der Waals surface area contributed by atoms with Gasteiger partial charge in [0, 0.05) is 10.5 Å². The van der Waals surface area contributed by atoms with Crippen LogP contribution in [0.1, 0.15) is 19.8 Å². The highest BCUT2D eigenvalue weighted by molar-refractivity contribution is 9.10. The first-order valence-electron chi connectivity index (χ1n) is 4.31.